The molecule has 0 saturated carbocycles. The number of nitriles is 1. The van der Waals surface area contributed by atoms with Crippen molar-refractivity contribution in [3.63, 3.8) is 0 Å². The third-order valence-corrected chi connectivity index (χ3v) is 4.20. The molecule has 0 aliphatic carbocycles. The fourth-order valence-corrected chi connectivity index (χ4v) is 2.31. The Labute approximate surface area is 131 Å². The topological polar surface area (TPSA) is 64.0 Å². The quantitative estimate of drug-likeness (QED) is 0.495. The summed E-state index contributed by atoms with van der Waals surface area (Å²) in [6.45, 7) is 11.5. The minimum absolute atomic E-state index is 0.182. The number of hydrogen-bond donors (Lipinski definition) is 0. The summed E-state index contributed by atoms with van der Waals surface area (Å²) in [4.78, 5) is 0. The summed E-state index contributed by atoms with van der Waals surface area (Å²) in [5, 5.41) is 14.0. The van der Waals surface area contributed by atoms with E-state index in [1.165, 1.54) is 0 Å². The first-order valence-electron chi connectivity index (χ1n) is 6.94. The van der Waals surface area contributed by atoms with Gasteiger partial charge in [0, 0.05) is 11.3 Å². The van der Waals surface area contributed by atoms with Crippen molar-refractivity contribution in [1.29, 1.82) is 5.26 Å². The highest BCUT2D eigenvalue weighted by Gasteiger charge is 2.22. The van der Waals surface area contributed by atoms with Crippen LogP contribution in [0.3, 0.4) is 0 Å². The highest BCUT2D eigenvalue weighted by molar-refractivity contribution is 6.04. The maximum absolute atomic E-state index is 9.59. The van der Waals surface area contributed by atoms with Crippen molar-refractivity contribution in [2.45, 2.75) is 41.5 Å². The number of aromatic nitrogens is 2. The van der Waals surface area contributed by atoms with Crippen LogP contribution in [0, 0.1) is 52.9 Å². The summed E-state index contributed by atoms with van der Waals surface area (Å²) in [6, 6.07) is 2.12. The number of rotatable bonds is 3. The molecule has 0 aromatic carbocycles. The zero-order valence-electron chi connectivity index (χ0n) is 13.7. The Kier molecular flexibility index (Phi) is 4.18. The van der Waals surface area contributed by atoms with E-state index in [0.29, 0.717) is 5.76 Å². The van der Waals surface area contributed by atoms with Crippen LogP contribution in [0.4, 0.5) is 0 Å². The van der Waals surface area contributed by atoms with Crippen LogP contribution in [0.2, 0.25) is 0 Å². The fourth-order valence-electron chi connectivity index (χ4n) is 2.31. The van der Waals surface area contributed by atoms with E-state index in [1.54, 1.807) is 4.68 Å². The molecule has 6 heteroatoms. The van der Waals surface area contributed by atoms with E-state index in [2.05, 4.69) is 11.2 Å². The highest BCUT2D eigenvalue weighted by atomic mass is 16.4. The molecular formula is C16H18BN3O2. The standard InChI is InChI=1S/C16H18BN3O2/c1-8-9(2)15(21-13(8)6)16(22-17)14(7-18)20-12(5)10(3)11(4)19-20/h1-6H3. The van der Waals surface area contributed by atoms with Crippen LogP contribution in [0.5, 0.6) is 0 Å². The van der Waals surface area contributed by atoms with Crippen LogP contribution in [-0.2, 0) is 4.65 Å². The van der Waals surface area contributed by atoms with Crippen LogP contribution >= 0.6 is 0 Å². The van der Waals surface area contributed by atoms with Gasteiger partial charge in [-0.25, -0.2) is 4.68 Å². The third-order valence-electron chi connectivity index (χ3n) is 4.20. The van der Waals surface area contributed by atoms with Crippen molar-refractivity contribution in [2.75, 3.05) is 0 Å². The maximum atomic E-state index is 9.59. The minimum Gasteiger partial charge on any atom is -0.563 e. The van der Waals surface area contributed by atoms with Crippen LogP contribution in [0.25, 0.3) is 11.5 Å². The Bertz CT molecular complexity index is 806. The summed E-state index contributed by atoms with van der Waals surface area (Å²) < 4.78 is 12.3. The largest absolute Gasteiger partial charge is 0.563 e. The average Bonchev–Trinajstić information content (AvgIpc) is 2.90. The lowest BCUT2D eigenvalue weighted by atomic mass is 10.1. The van der Waals surface area contributed by atoms with E-state index < -0.39 is 0 Å². The van der Waals surface area contributed by atoms with Gasteiger partial charge in [0.2, 0.25) is 0 Å². The van der Waals surface area contributed by atoms with Gasteiger partial charge in [-0.1, -0.05) is 0 Å². The van der Waals surface area contributed by atoms with E-state index >= 15 is 0 Å². The zero-order valence-corrected chi connectivity index (χ0v) is 13.7. The molecule has 0 aliphatic heterocycles. The van der Waals surface area contributed by atoms with Crippen LogP contribution < -0.4 is 0 Å². The Morgan fingerprint density at radius 3 is 2.14 bits per heavy atom. The predicted octanol–water partition coefficient (Wildman–Crippen LogP) is 3.28. The Morgan fingerprint density at radius 2 is 1.77 bits per heavy atom. The lowest BCUT2D eigenvalue weighted by molar-refractivity contribution is 0.471. The molecule has 2 aromatic rings. The molecule has 0 bridgehead atoms. The molecule has 0 N–H and O–H groups in total. The molecule has 0 fully saturated rings. The number of aryl methyl sites for hydroxylation is 2. The molecule has 2 radical (unpaired) electrons. The minimum atomic E-state index is 0.182. The number of hydrogen-bond acceptors (Lipinski definition) is 4. The van der Waals surface area contributed by atoms with E-state index in [0.717, 1.165) is 33.8 Å². The molecule has 2 heterocycles. The first-order valence-corrected chi connectivity index (χ1v) is 6.94. The second kappa shape index (κ2) is 5.76. The fraction of sp³-hybridized carbons (Fsp3) is 0.375. The molecule has 0 unspecified atom stereocenters. The summed E-state index contributed by atoms with van der Waals surface area (Å²) in [5.74, 6) is 1.41. The van der Waals surface area contributed by atoms with Gasteiger partial charge < -0.3 is 9.07 Å². The summed E-state index contributed by atoms with van der Waals surface area (Å²) >= 11 is 0. The average molecular weight is 295 g/mol. The first-order chi connectivity index (χ1) is 10.3. The Hall–Kier alpha value is -2.42. The SMILES string of the molecule is [B]OC(=C(C#N)n1nc(C)c(C)c1C)c1oc(C)c(C)c1C. The summed E-state index contributed by atoms with van der Waals surface area (Å²) in [7, 11) is 5.43. The summed E-state index contributed by atoms with van der Waals surface area (Å²) in [5.41, 5.74) is 4.84. The van der Waals surface area contributed by atoms with Gasteiger partial charge in [0.25, 0.3) is 0 Å². The monoisotopic (exact) mass is 295 g/mol. The zero-order chi connectivity index (χ0) is 16.6. The second-order valence-electron chi connectivity index (χ2n) is 5.35. The molecular weight excluding hydrogens is 277 g/mol. The van der Waals surface area contributed by atoms with Crippen molar-refractivity contribution in [3.8, 4) is 6.07 Å². The lowest BCUT2D eigenvalue weighted by Crippen LogP contribution is -2.05. The Balaban J connectivity index is 2.77. The van der Waals surface area contributed by atoms with Crippen molar-refractivity contribution in [1.82, 2.24) is 9.78 Å². The van der Waals surface area contributed by atoms with E-state index in [4.69, 9.17) is 17.1 Å². The van der Waals surface area contributed by atoms with Crippen LogP contribution in [-0.4, -0.2) is 17.8 Å². The number of furan rings is 1. The summed E-state index contributed by atoms with van der Waals surface area (Å²) in [6.07, 6.45) is 0. The molecule has 22 heavy (non-hydrogen) atoms. The lowest BCUT2D eigenvalue weighted by Gasteiger charge is -2.10. The van der Waals surface area contributed by atoms with Gasteiger partial charge in [0.05, 0.1) is 5.69 Å². The van der Waals surface area contributed by atoms with Gasteiger partial charge in [-0.3, -0.25) is 0 Å². The van der Waals surface area contributed by atoms with Crippen LogP contribution in [0.15, 0.2) is 4.42 Å². The van der Waals surface area contributed by atoms with Crippen molar-refractivity contribution in [3.05, 3.63) is 39.6 Å². The van der Waals surface area contributed by atoms with Gasteiger partial charge in [-0.2, -0.15) is 10.4 Å². The van der Waals surface area contributed by atoms with Gasteiger partial charge in [0.1, 0.15) is 11.8 Å². The third kappa shape index (κ3) is 2.33. The molecule has 2 aromatic heterocycles. The normalized spacial score (nSPS) is 12.0. The first kappa shape index (κ1) is 16.0. The number of allylic oxidation sites excluding steroid dienone is 1. The Morgan fingerprint density at radius 1 is 1.14 bits per heavy atom. The van der Waals surface area contributed by atoms with Gasteiger partial charge in [0.15, 0.2) is 17.2 Å². The van der Waals surface area contributed by atoms with Gasteiger partial charge >= 0.3 is 8.05 Å². The molecule has 2 rings (SSSR count). The second-order valence-corrected chi connectivity index (χ2v) is 5.35. The van der Waals surface area contributed by atoms with E-state index in [1.807, 2.05) is 41.5 Å². The molecule has 0 atom stereocenters. The molecule has 0 amide bonds. The van der Waals surface area contributed by atoms with Crippen molar-refractivity contribution >= 4 is 19.5 Å². The number of nitrogens with zero attached hydrogens (tertiary/aromatic N) is 3. The van der Waals surface area contributed by atoms with Gasteiger partial charge in [-0.15, -0.1) is 0 Å². The molecule has 112 valence electrons. The maximum Gasteiger partial charge on any atom is 0.374 e. The van der Waals surface area contributed by atoms with Gasteiger partial charge in [-0.05, 0) is 52.7 Å². The molecule has 0 aliphatic rings. The van der Waals surface area contributed by atoms with E-state index in [-0.39, 0.29) is 11.5 Å². The molecule has 5 nitrogen and oxygen atoms in total. The van der Waals surface area contributed by atoms with Crippen molar-refractivity contribution in [2.24, 2.45) is 0 Å². The predicted molar refractivity (Wildman–Crippen MR) is 84.9 cm³/mol. The molecule has 0 spiro atoms. The van der Waals surface area contributed by atoms with Crippen molar-refractivity contribution < 1.29 is 9.07 Å². The van der Waals surface area contributed by atoms with Crippen LogP contribution in [0.1, 0.15) is 39.6 Å². The highest BCUT2D eigenvalue weighted by Crippen LogP contribution is 2.31. The van der Waals surface area contributed by atoms with E-state index in [9.17, 15) is 5.26 Å². The molecule has 0 saturated heterocycles. The smallest absolute Gasteiger partial charge is 0.374 e.